The van der Waals surface area contributed by atoms with Crippen LogP contribution in [0.5, 0.6) is 0 Å². The first-order valence-electron chi connectivity index (χ1n) is 17.1. The number of allylic oxidation sites excluding steroid dienone is 1. The maximum Gasteiger partial charge on any atom is 0.196 e. The van der Waals surface area contributed by atoms with Crippen molar-refractivity contribution < 1.29 is 44.8 Å². The molecular weight excluding hydrogens is 564 g/mol. The Balaban J connectivity index is 1.22. The third-order valence-corrected chi connectivity index (χ3v) is 15.0. The minimum absolute atomic E-state index is 0.0483. The number of ether oxygens (including phenoxy) is 3. The van der Waals surface area contributed by atoms with Gasteiger partial charge in [-0.15, -0.1) is 0 Å². The summed E-state index contributed by atoms with van der Waals surface area (Å²) in [7, 11) is 0. The molecule has 9 nitrogen and oxygen atoms in total. The first-order valence-corrected chi connectivity index (χ1v) is 17.1. The van der Waals surface area contributed by atoms with Gasteiger partial charge < -0.3 is 44.8 Å². The van der Waals surface area contributed by atoms with Crippen LogP contribution in [0.15, 0.2) is 11.6 Å². The van der Waals surface area contributed by atoms with E-state index < -0.39 is 53.6 Å². The second-order valence-corrected chi connectivity index (χ2v) is 17.6. The van der Waals surface area contributed by atoms with Crippen molar-refractivity contribution in [1.82, 2.24) is 0 Å². The fourth-order valence-corrected chi connectivity index (χ4v) is 12.5. The molecule has 2 saturated heterocycles. The Labute approximate surface area is 262 Å². The van der Waals surface area contributed by atoms with Crippen molar-refractivity contribution in [2.75, 3.05) is 6.61 Å². The summed E-state index contributed by atoms with van der Waals surface area (Å²) in [5.41, 5.74) is -1.11. The standard InChI is InChI=1S/C35H56O9/c1-18-8-11-23(30(4,5)40)44-35(41)26(18)31(6)14-15-34-17-33(34)13-12-22(43-27-25(38)24(37)19(36)16-42-27)29(2,3)20(33)9-10-21(34)32(31,7)28(35)39/h10,18-20,22-28,36-41H,8-9,11-17H2,1-7H3/t18-,19-,20?,22+,23-,24?,25+,26-,27+,28-,31-,32-,33-,34+,35+/m1/s1. The molecule has 9 heteroatoms. The number of hydrogen-bond acceptors (Lipinski definition) is 9. The van der Waals surface area contributed by atoms with Crippen LogP contribution in [-0.4, -0.2) is 91.5 Å². The Bertz CT molecular complexity index is 1210. The highest BCUT2D eigenvalue weighted by Crippen LogP contribution is 2.88. The molecule has 0 bridgehead atoms. The summed E-state index contributed by atoms with van der Waals surface area (Å²) in [6, 6.07) is 0. The summed E-state index contributed by atoms with van der Waals surface area (Å²) >= 11 is 0. The van der Waals surface area contributed by atoms with Crippen molar-refractivity contribution in [2.45, 2.75) is 154 Å². The SMILES string of the molecule is C[C@@H]1CC[C@H](C(C)(C)O)O[C@@]2(O)[C@H]1[C@@]1(C)CC[C@@]34C[C@@]35CC[C@H](O[C@@H]3OC[C@@H](O)C(O)[C@@H]3O)C(C)(C)C5CC=C4[C@]1(C)[C@H]2O. The lowest BCUT2D eigenvalue weighted by molar-refractivity contribution is -0.310. The number of fused-ring (bicyclic) bond motifs is 4. The van der Waals surface area contributed by atoms with Gasteiger partial charge in [-0.1, -0.05) is 46.3 Å². The molecule has 6 fully saturated rings. The molecule has 4 saturated carbocycles. The van der Waals surface area contributed by atoms with Crippen LogP contribution in [0.3, 0.4) is 0 Å². The highest BCUT2D eigenvalue weighted by atomic mass is 16.7. The molecule has 6 N–H and O–H groups in total. The fraction of sp³-hybridized carbons (Fsp3) is 0.943. The summed E-state index contributed by atoms with van der Waals surface area (Å²) in [5.74, 6) is -1.57. The van der Waals surface area contributed by atoms with E-state index in [0.717, 1.165) is 44.9 Å². The molecule has 0 amide bonds. The van der Waals surface area contributed by atoms with Crippen molar-refractivity contribution in [1.29, 1.82) is 0 Å². The van der Waals surface area contributed by atoms with Crippen molar-refractivity contribution in [2.24, 2.45) is 44.8 Å². The average Bonchev–Trinajstić information content (AvgIpc) is 3.61. The quantitative estimate of drug-likeness (QED) is 0.262. The van der Waals surface area contributed by atoms with Crippen LogP contribution in [-0.2, 0) is 14.2 Å². The van der Waals surface area contributed by atoms with E-state index >= 15 is 0 Å². The van der Waals surface area contributed by atoms with E-state index in [0.29, 0.717) is 12.3 Å². The monoisotopic (exact) mass is 620 g/mol. The molecule has 0 aromatic rings. The van der Waals surface area contributed by atoms with Gasteiger partial charge in [0.2, 0.25) is 0 Å². The predicted molar refractivity (Wildman–Crippen MR) is 161 cm³/mol. The summed E-state index contributed by atoms with van der Waals surface area (Å²) < 4.78 is 18.6. The molecule has 5 aliphatic carbocycles. The van der Waals surface area contributed by atoms with Crippen molar-refractivity contribution in [3.05, 3.63) is 11.6 Å². The zero-order chi connectivity index (χ0) is 32.0. The Kier molecular flexibility index (Phi) is 6.90. The number of aliphatic hydroxyl groups excluding tert-OH is 4. The second-order valence-electron chi connectivity index (χ2n) is 17.6. The zero-order valence-electron chi connectivity index (χ0n) is 27.6. The molecule has 15 atom stereocenters. The molecule has 250 valence electrons. The Hall–Kier alpha value is -0.620. The predicted octanol–water partition coefficient (Wildman–Crippen LogP) is 3.03. The van der Waals surface area contributed by atoms with Crippen LogP contribution in [0, 0.1) is 44.8 Å². The Morgan fingerprint density at radius 1 is 0.955 bits per heavy atom. The molecule has 0 radical (unpaired) electrons. The summed E-state index contributed by atoms with van der Waals surface area (Å²) in [6.45, 7) is 14.5. The lowest BCUT2D eigenvalue weighted by atomic mass is 9.44. The molecule has 44 heavy (non-hydrogen) atoms. The molecule has 2 aliphatic heterocycles. The van der Waals surface area contributed by atoms with E-state index in [1.165, 1.54) is 5.57 Å². The lowest BCUT2D eigenvalue weighted by Crippen LogP contribution is -2.58. The van der Waals surface area contributed by atoms with Gasteiger partial charge in [-0.2, -0.15) is 0 Å². The van der Waals surface area contributed by atoms with Gasteiger partial charge in [0, 0.05) is 11.3 Å². The molecular formula is C35H56O9. The van der Waals surface area contributed by atoms with E-state index in [9.17, 15) is 30.6 Å². The summed E-state index contributed by atoms with van der Waals surface area (Å²) in [4.78, 5) is 0. The highest BCUT2D eigenvalue weighted by Gasteiger charge is 2.85. The van der Waals surface area contributed by atoms with Crippen LogP contribution in [0.1, 0.15) is 99.8 Å². The van der Waals surface area contributed by atoms with Gasteiger partial charge in [0.1, 0.15) is 24.4 Å². The van der Waals surface area contributed by atoms with E-state index in [1.54, 1.807) is 13.8 Å². The molecule has 0 aromatic heterocycles. The largest absolute Gasteiger partial charge is 0.388 e. The smallest absolute Gasteiger partial charge is 0.196 e. The van der Waals surface area contributed by atoms with Gasteiger partial charge in [0.05, 0.1) is 24.4 Å². The normalized spacial score (nSPS) is 58.0. The maximum atomic E-state index is 12.5. The van der Waals surface area contributed by atoms with Gasteiger partial charge in [0.15, 0.2) is 12.1 Å². The topological polar surface area (TPSA) is 149 Å². The maximum absolute atomic E-state index is 12.5. The molecule has 0 aromatic carbocycles. The number of hydrogen-bond donors (Lipinski definition) is 6. The summed E-state index contributed by atoms with van der Waals surface area (Å²) in [5, 5.41) is 66.6. The lowest BCUT2D eigenvalue weighted by Gasteiger charge is -2.60. The third kappa shape index (κ3) is 3.74. The van der Waals surface area contributed by atoms with E-state index in [2.05, 4.69) is 40.7 Å². The van der Waals surface area contributed by atoms with Crippen LogP contribution < -0.4 is 0 Å². The van der Waals surface area contributed by atoms with Crippen LogP contribution in [0.25, 0.3) is 0 Å². The van der Waals surface area contributed by atoms with Crippen LogP contribution >= 0.6 is 0 Å². The van der Waals surface area contributed by atoms with E-state index in [-0.39, 0.29) is 46.2 Å². The van der Waals surface area contributed by atoms with Crippen molar-refractivity contribution in [3.8, 4) is 0 Å². The minimum Gasteiger partial charge on any atom is -0.388 e. The fourth-order valence-electron chi connectivity index (χ4n) is 12.5. The first kappa shape index (κ1) is 32.0. The zero-order valence-corrected chi connectivity index (χ0v) is 27.6. The van der Waals surface area contributed by atoms with Crippen molar-refractivity contribution >= 4 is 0 Å². The van der Waals surface area contributed by atoms with Gasteiger partial charge in [-0.25, -0.2) is 0 Å². The minimum atomic E-state index is -1.75. The van der Waals surface area contributed by atoms with E-state index in [4.69, 9.17) is 14.2 Å². The van der Waals surface area contributed by atoms with Gasteiger partial charge in [-0.05, 0) is 98.7 Å². The number of rotatable bonds is 3. The summed E-state index contributed by atoms with van der Waals surface area (Å²) in [6.07, 6.45) is 2.79. The number of aliphatic hydroxyl groups is 6. The van der Waals surface area contributed by atoms with Gasteiger partial charge in [0.25, 0.3) is 0 Å². The average molecular weight is 621 g/mol. The molecule has 2 unspecified atom stereocenters. The Morgan fingerprint density at radius 2 is 1.66 bits per heavy atom. The highest BCUT2D eigenvalue weighted by molar-refractivity contribution is 5.47. The third-order valence-electron chi connectivity index (χ3n) is 15.0. The van der Waals surface area contributed by atoms with Gasteiger partial charge >= 0.3 is 0 Å². The van der Waals surface area contributed by atoms with Gasteiger partial charge in [-0.3, -0.25) is 0 Å². The van der Waals surface area contributed by atoms with Crippen LogP contribution in [0.2, 0.25) is 0 Å². The second kappa shape index (κ2) is 9.50. The molecule has 2 spiro atoms. The van der Waals surface area contributed by atoms with Crippen molar-refractivity contribution in [3.63, 3.8) is 0 Å². The molecule has 2 heterocycles. The van der Waals surface area contributed by atoms with E-state index in [1.807, 2.05) is 0 Å². The first-order chi connectivity index (χ1) is 20.3. The Morgan fingerprint density at radius 3 is 2.34 bits per heavy atom. The van der Waals surface area contributed by atoms with Crippen LogP contribution in [0.4, 0.5) is 0 Å². The molecule has 7 aliphatic rings. The molecule has 7 rings (SSSR count).